The molecule has 1 rings (SSSR count). The molecule has 0 unspecified atom stereocenters. The summed E-state index contributed by atoms with van der Waals surface area (Å²) in [7, 11) is -3.43. The van der Waals surface area contributed by atoms with Crippen LogP contribution in [0.15, 0.2) is 11.0 Å². The summed E-state index contributed by atoms with van der Waals surface area (Å²) in [4.78, 5) is 0.445. The fourth-order valence-electron chi connectivity index (χ4n) is 1.99. The van der Waals surface area contributed by atoms with E-state index in [1.165, 1.54) is 0 Å². The minimum atomic E-state index is -3.43. The third-order valence-corrected chi connectivity index (χ3v) is 5.40. The van der Waals surface area contributed by atoms with Crippen molar-refractivity contribution in [2.75, 3.05) is 0 Å². The van der Waals surface area contributed by atoms with Crippen molar-refractivity contribution >= 4 is 10.0 Å². The fraction of sp³-hybridized carbons (Fsp3) is 0.571. The molecule has 1 atom stereocenters. The quantitative estimate of drug-likeness (QED) is 0.913. The summed E-state index contributed by atoms with van der Waals surface area (Å²) in [5.41, 5.74) is 3.72. The lowest BCUT2D eigenvalue weighted by molar-refractivity contribution is 0.554. The van der Waals surface area contributed by atoms with Crippen molar-refractivity contribution in [1.29, 1.82) is 0 Å². The fourth-order valence-corrected chi connectivity index (χ4v) is 3.93. The Morgan fingerprint density at radius 3 is 1.94 bits per heavy atom. The second-order valence-electron chi connectivity index (χ2n) is 5.02. The Hall–Kier alpha value is -0.870. The Balaban J connectivity index is 3.41. The van der Waals surface area contributed by atoms with Crippen LogP contribution in [0.25, 0.3) is 0 Å². The lowest BCUT2D eigenvalue weighted by Gasteiger charge is -2.18. The monoisotopic (exact) mass is 269 g/mol. The first kappa shape index (κ1) is 15.2. The second-order valence-corrected chi connectivity index (χ2v) is 6.67. The zero-order chi connectivity index (χ0) is 14.1. The molecule has 1 aromatic rings. The molecule has 0 fully saturated rings. The first-order valence-electron chi connectivity index (χ1n) is 6.30. The highest BCUT2D eigenvalue weighted by Crippen LogP contribution is 2.26. The highest BCUT2D eigenvalue weighted by atomic mass is 32.2. The van der Waals surface area contributed by atoms with Gasteiger partial charge in [0.25, 0.3) is 0 Å². The van der Waals surface area contributed by atoms with Crippen LogP contribution in [0.3, 0.4) is 0 Å². The van der Waals surface area contributed by atoms with Crippen molar-refractivity contribution < 1.29 is 8.42 Å². The molecule has 0 saturated carbocycles. The van der Waals surface area contributed by atoms with Gasteiger partial charge in [-0.05, 0) is 63.3 Å². The van der Waals surface area contributed by atoms with Gasteiger partial charge in [-0.1, -0.05) is 13.0 Å². The standard InChI is InChI=1S/C14H23NO2S/c1-7-11(4)15-18(16,17)14-12(5)9(2)8-10(3)13(14)6/h8,11,15H,7H2,1-6H3/t11-/m0/s1. The van der Waals surface area contributed by atoms with E-state index >= 15 is 0 Å². The van der Waals surface area contributed by atoms with Crippen LogP contribution in [0.5, 0.6) is 0 Å². The van der Waals surface area contributed by atoms with Crippen molar-refractivity contribution in [3.63, 3.8) is 0 Å². The highest BCUT2D eigenvalue weighted by Gasteiger charge is 2.23. The van der Waals surface area contributed by atoms with Crippen molar-refractivity contribution in [3.05, 3.63) is 28.3 Å². The topological polar surface area (TPSA) is 46.2 Å². The van der Waals surface area contributed by atoms with Crippen LogP contribution in [-0.2, 0) is 10.0 Å². The van der Waals surface area contributed by atoms with Gasteiger partial charge in [0, 0.05) is 6.04 Å². The number of aryl methyl sites for hydroxylation is 2. The normalized spacial score (nSPS) is 13.7. The van der Waals surface area contributed by atoms with Crippen LogP contribution in [0.2, 0.25) is 0 Å². The van der Waals surface area contributed by atoms with E-state index in [9.17, 15) is 8.42 Å². The van der Waals surface area contributed by atoms with Gasteiger partial charge < -0.3 is 0 Å². The maximum atomic E-state index is 12.4. The Bertz CT molecular complexity index is 521. The van der Waals surface area contributed by atoms with Crippen LogP contribution in [0, 0.1) is 27.7 Å². The molecular formula is C14H23NO2S. The van der Waals surface area contributed by atoms with Gasteiger partial charge >= 0.3 is 0 Å². The molecular weight excluding hydrogens is 246 g/mol. The Labute approximate surface area is 111 Å². The van der Waals surface area contributed by atoms with Crippen LogP contribution >= 0.6 is 0 Å². The van der Waals surface area contributed by atoms with Gasteiger partial charge in [0.2, 0.25) is 10.0 Å². The van der Waals surface area contributed by atoms with Crippen molar-refractivity contribution in [1.82, 2.24) is 4.72 Å². The minimum Gasteiger partial charge on any atom is -0.208 e. The summed E-state index contributed by atoms with van der Waals surface area (Å²) in [5, 5.41) is 0. The van der Waals surface area contributed by atoms with Crippen molar-refractivity contribution in [3.8, 4) is 0 Å². The molecule has 0 aliphatic carbocycles. The first-order valence-corrected chi connectivity index (χ1v) is 7.78. The maximum absolute atomic E-state index is 12.4. The molecule has 0 radical (unpaired) electrons. The molecule has 18 heavy (non-hydrogen) atoms. The zero-order valence-corrected chi connectivity index (χ0v) is 12.9. The molecule has 0 aromatic heterocycles. The molecule has 0 amide bonds. The number of nitrogens with one attached hydrogen (secondary N) is 1. The van der Waals surface area contributed by atoms with Gasteiger partial charge in [-0.2, -0.15) is 0 Å². The molecule has 4 heteroatoms. The number of hydrogen-bond acceptors (Lipinski definition) is 2. The summed E-state index contributed by atoms with van der Waals surface area (Å²) in [5.74, 6) is 0. The summed E-state index contributed by atoms with van der Waals surface area (Å²) in [6.45, 7) is 11.5. The summed E-state index contributed by atoms with van der Waals surface area (Å²) < 4.78 is 27.6. The molecule has 0 heterocycles. The lowest BCUT2D eigenvalue weighted by Crippen LogP contribution is -2.33. The summed E-state index contributed by atoms with van der Waals surface area (Å²) >= 11 is 0. The van der Waals surface area contributed by atoms with Crippen molar-refractivity contribution in [2.45, 2.75) is 58.9 Å². The molecule has 0 spiro atoms. The van der Waals surface area contributed by atoms with Crippen LogP contribution < -0.4 is 4.72 Å². The zero-order valence-electron chi connectivity index (χ0n) is 12.1. The highest BCUT2D eigenvalue weighted by molar-refractivity contribution is 7.89. The molecule has 1 aromatic carbocycles. The van der Waals surface area contributed by atoms with E-state index in [1.54, 1.807) is 0 Å². The lowest BCUT2D eigenvalue weighted by atomic mass is 10.0. The molecule has 0 aliphatic rings. The number of benzene rings is 1. The summed E-state index contributed by atoms with van der Waals surface area (Å²) in [6, 6.07) is 1.99. The van der Waals surface area contributed by atoms with E-state index in [1.807, 2.05) is 47.6 Å². The average molecular weight is 269 g/mol. The third kappa shape index (κ3) is 2.93. The van der Waals surface area contributed by atoms with Gasteiger partial charge in [0.15, 0.2) is 0 Å². The van der Waals surface area contributed by atoms with E-state index < -0.39 is 10.0 Å². The van der Waals surface area contributed by atoms with E-state index in [-0.39, 0.29) is 6.04 Å². The van der Waals surface area contributed by atoms with E-state index in [4.69, 9.17) is 0 Å². The Morgan fingerprint density at radius 1 is 1.11 bits per heavy atom. The second kappa shape index (κ2) is 5.41. The molecule has 0 saturated heterocycles. The molecule has 0 aliphatic heterocycles. The SMILES string of the molecule is CC[C@H](C)NS(=O)(=O)c1c(C)c(C)cc(C)c1C. The molecule has 102 valence electrons. The Morgan fingerprint density at radius 2 is 1.56 bits per heavy atom. The van der Waals surface area contributed by atoms with Gasteiger partial charge in [-0.15, -0.1) is 0 Å². The van der Waals surface area contributed by atoms with Crippen molar-refractivity contribution in [2.24, 2.45) is 0 Å². The predicted molar refractivity (Wildman–Crippen MR) is 75.5 cm³/mol. The van der Waals surface area contributed by atoms with Gasteiger partial charge in [0.05, 0.1) is 4.90 Å². The third-order valence-electron chi connectivity index (χ3n) is 3.53. The van der Waals surface area contributed by atoms with Gasteiger partial charge in [-0.25, -0.2) is 13.1 Å². The van der Waals surface area contributed by atoms with Gasteiger partial charge in [0.1, 0.15) is 0 Å². The number of hydrogen-bond donors (Lipinski definition) is 1. The van der Waals surface area contributed by atoms with Crippen LogP contribution in [-0.4, -0.2) is 14.5 Å². The largest absolute Gasteiger partial charge is 0.241 e. The Kier molecular flexibility index (Phi) is 4.56. The predicted octanol–water partition coefficient (Wildman–Crippen LogP) is 3.00. The smallest absolute Gasteiger partial charge is 0.208 e. The maximum Gasteiger partial charge on any atom is 0.241 e. The first-order chi connectivity index (χ1) is 8.20. The van der Waals surface area contributed by atoms with E-state index in [0.29, 0.717) is 4.90 Å². The van der Waals surface area contributed by atoms with E-state index in [0.717, 1.165) is 28.7 Å². The number of sulfonamides is 1. The van der Waals surface area contributed by atoms with E-state index in [2.05, 4.69) is 4.72 Å². The average Bonchev–Trinajstić information content (AvgIpc) is 2.25. The molecule has 0 bridgehead atoms. The molecule has 1 N–H and O–H groups in total. The number of rotatable bonds is 4. The summed E-state index contributed by atoms with van der Waals surface area (Å²) in [6.07, 6.45) is 0.780. The van der Waals surface area contributed by atoms with Crippen LogP contribution in [0.1, 0.15) is 42.5 Å². The molecule has 3 nitrogen and oxygen atoms in total. The minimum absolute atomic E-state index is 0.0466. The van der Waals surface area contributed by atoms with Gasteiger partial charge in [-0.3, -0.25) is 0 Å². The van der Waals surface area contributed by atoms with Crippen LogP contribution in [0.4, 0.5) is 0 Å².